The van der Waals surface area contributed by atoms with Crippen molar-refractivity contribution in [2.24, 2.45) is 0 Å². The van der Waals surface area contributed by atoms with Gasteiger partial charge in [-0.25, -0.2) is 8.42 Å². The van der Waals surface area contributed by atoms with Crippen molar-refractivity contribution in [3.05, 3.63) is 18.2 Å². The van der Waals surface area contributed by atoms with Crippen molar-refractivity contribution in [3.8, 4) is 5.75 Å². The number of rotatable bonds is 4. The fourth-order valence-electron chi connectivity index (χ4n) is 3.15. The molecule has 0 saturated carbocycles. The molecule has 0 aromatic heterocycles. The van der Waals surface area contributed by atoms with Crippen molar-refractivity contribution in [2.45, 2.75) is 43.0 Å². The van der Waals surface area contributed by atoms with Crippen LogP contribution in [0.3, 0.4) is 0 Å². The zero-order valence-electron chi connectivity index (χ0n) is 13.5. The molecule has 24 heavy (non-hydrogen) atoms. The number of phenols is 1. The Hall–Kier alpha value is -1.64. The number of piperidine rings is 1. The topological polar surface area (TPSA) is 98.7 Å². The number of nitrogens with zero attached hydrogens (tertiary/aromatic N) is 1. The zero-order valence-corrected chi connectivity index (χ0v) is 14.3. The molecule has 1 aromatic carbocycles. The quantitative estimate of drug-likeness (QED) is 0.708. The molecule has 132 valence electrons. The lowest BCUT2D eigenvalue weighted by molar-refractivity contribution is -0.118. The molecule has 2 fully saturated rings. The highest BCUT2D eigenvalue weighted by atomic mass is 32.2. The number of phenolic OH excluding ortho intramolecular Hbond substituents is 1. The summed E-state index contributed by atoms with van der Waals surface area (Å²) in [5.41, 5.74) is 0.132. The number of sulfonamides is 1. The molecule has 1 amide bonds. The molecule has 1 unspecified atom stereocenters. The Kier molecular flexibility index (Phi) is 5.07. The molecule has 0 bridgehead atoms. The summed E-state index contributed by atoms with van der Waals surface area (Å²) in [4.78, 5) is 12.4. The van der Waals surface area contributed by atoms with E-state index in [0.717, 1.165) is 38.6 Å². The second-order valence-corrected chi connectivity index (χ2v) is 8.22. The first-order valence-corrected chi connectivity index (χ1v) is 9.80. The van der Waals surface area contributed by atoms with Crippen LogP contribution >= 0.6 is 0 Å². The van der Waals surface area contributed by atoms with Gasteiger partial charge in [0.25, 0.3) is 0 Å². The fraction of sp³-hybridized carbons (Fsp3) is 0.562. The Morgan fingerprint density at radius 3 is 2.62 bits per heavy atom. The Morgan fingerprint density at radius 2 is 1.96 bits per heavy atom. The number of benzene rings is 1. The normalized spacial score (nSPS) is 22.4. The largest absolute Gasteiger partial charge is 0.506 e. The van der Waals surface area contributed by atoms with Gasteiger partial charge >= 0.3 is 0 Å². The van der Waals surface area contributed by atoms with Gasteiger partial charge < -0.3 is 15.7 Å². The van der Waals surface area contributed by atoms with Crippen LogP contribution in [0.25, 0.3) is 0 Å². The third-order valence-corrected chi connectivity index (χ3v) is 6.45. The third kappa shape index (κ3) is 3.55. The van der Waals surface area contributed by atoms with Crippen molar-refractivity contribution < 1.29 is 18.3 Å². The first kappa shape index (κ1) is 17.2. The van der Waals surface area contributed by atoms with Crippen LogP contribution in [0.5, 0.6) is 5.75 Å². The van der Waals surface area contributed by atoms with E-state index in [1.807, 2.05) is 0 Å². The predicted molar refractivity (Wildman–Crippen MR) is 90.4 cm³/mol. The highest BCUT2D eigenvalue weighted by Crippen LogP contribution is 2.29. The van der Waals surface area contributed by atoms with E-state index in [9.17, 15) is 18.3 Å². The molecule has 2 saturated heterocycles. The molecule has 2 heterocycles. The molecule has 2 aliphatic heterocycles. The van der Waals surface area contributed by atoms with E-state index in [-0.39, 0.29) is 28.3 Å². The molecular weight excluding hydrogens is 330 g/mol. The fourth-order valence-corrected chi connectivity index (χ4v) is 4.69. The molecule has 0 spiro atoms. The van der Waals surface area contributed by atoms with E-state index in [4.69, 9.17) is 0 Å². The summed E-state index contributed by atoms with van der Waals surface area (Å²) in [5.74, 6) is -0.389. The lowest BCUT2D eigenvalue weighted by Gasteiger charge is -2.23. The van der Waals surface area contributed by atoms with Gasteiger partial charge in [-0.3, -0.25) is 4.79 Å². The zero-order chi connectivity index (χ0) is 17.2. The second-order valence-electron chi connectivity index (χ2n) is 6.28. The SMILES string of the molecule is O=C(Nc1cc(S(=O)(=O)N2CCCC2)ccc1O)C1CCCCN1. The molecule has 0 radical (unpaired) electrons. The number of carbonyl (C=O) groups excluding carboxylic acids is 1. The van der Waals surface area contributed by atoms with E-state index < -0.39 is 10.0 Å². The van der Waals surface area contributed by atoms with Gasteiger partial charge in [0.05, 0.1) is 16.6 Å². The van der Waals surface area contributed by atoms with Crippen molar-refractivity contribution in [2.75, 3.05) is 25.0 Å². The summed E-state index contributed by atoms with van der Waals surface area (Å²) >= 11 is 0. The Bertz CT molecular complexity index is 708. The Labute approximate surface area is 142 Å². The number of hydrogen-bond acceptors (Lipinski definition) is 5. The highest BCUT2D eigenvalue weighted by molar-refractivity contribution is 7.89. The maximum Gasteiger partial charge on any atom is 0.243 e. The summed E-state index contributed by atoms with van der Waals surface area (Å²) in [7, 11) is -3.58. The first-order valence-electron chi connectivity index (χ1n) is 8.36. The minimum atomic E-state index is -3.58. The standard InChI is InChI=1S/C16H23N3O4S/c20-15-7-6-12(24(22,23)19-9-3-4-10-19)11-14(15)18-16(21)13-5-1-2-8-17-13/h6-7,11,13,17,20H,1-5,8-10H2,(H,18,21). The molecule has 3 N–H and O–H groups in total. The lowest BCUT2D eigenvalue weighted by atomic mass is 10.0. The maximum absolute atomic E-state index is 12.6. The first-order chi connectivity index (χ1) is 11.5. The number of nitrogens with one attached hydrogen (secondary N) is 2. The summed E-state index contributed by atoms with van der Waals surface area (Å²) in [5, 5.41) is 15.7. The summed E-state index contributed by atoms with van der Waals surface area (Å²) in [6.45, 7) is 1.81. The second kappa shape index (κ2) is 7.08. The van der Waals surface area contributed by atoms with Gasteiger partial charge in [-0.2, -0.15) is 4.31 Å². The monoisotopic (exact) mass is 353 g/mol. The van der Waals surface area contributed by atoms with Crippen LogP contribution in [0, 0.1) is 0 Å². The minimum absolute atomic E-state index is 0.0918. The van der Waals surface area contributed by atoms with Gasteiger partial charge in [-0.05, 0) is 50.4 Å². The molecular formula is C16H23N3O4S. The van der Waals surface area contributed by atoms with Crippen molar-refractivity contribution in [3.63, 3.8) is 0 Å². The molecule has 7 nitrogen and oxygen atoms in total. The number of amides is 1. The summed E-state index contributed by atoms with van der Waals surface area (Å²) < 4.78 is 26.6. The maximum atomic E-state index is 12.6. The molecule has 3 rings (SSSR count). The van der Waals surface area contributed by atoms with Crippen LogP contribution in [0.2, 0.25) is 0 Å². The number of anilines is 1. The summed E-state index contributed by atoms with van der Waals surface area (Å²) in [6.07, 6.45) is 4.46. The van der Waals surface area contributed by atoms with Crippen molar-refractivity contribution in [1.29, 1.82) is 0 Å². The number of carbonyl (C=O) groups is 1. The van der Waals surface area contributed by atoms with Crippen molar-refractivity contribution in [1.82, 2.24) is 9.62 Å². The minimum Gasteiger partial charge on any atom is -0.506 e. The van der Waals surface area contributed by atoms with Crippen LogP contribution in [-0.2, 0) is 14.8 Å². The van der Waals surface area contributed by atoms with Gasteiger partial charge in [0.15, 0.2) is 0 Å². The molecule has 2 aliphatic rings. The molecule has 1 aromatic rings. The van der Waals surface area contributed by atoms with E-state index in [1.54, 1.807) is 0 Å². The van der Waals surface area contributed by atoms with Gasteiger partial charge in [0, 0.05) is 13.1 Å². The Morgan fingerprint density at radius 1 is 1.21 bits per heavy atom. The average Bonchev–Trinajstić information content (AvgIpc) is 3.13. The van der Waals surface area contributed by atoms with Crippen molar-refractivity contribution >= 4 is 21.6 Å². The van der Waals surface area contributed by atoms with Crippen LogP contribution in [0.1, 0.15) is 32.1 Å². The lowest BCUT2D eigenvalue weighted by Crippen LogP contribution is -2.43. The van der Waals surface area contributed by atoms with Crippen LogP contribution in [0.15, 0.2) is 23.1 Å². The third-order valence-electron chi connectivity index (χ3n) is 4.56. The van der Waals surface area contributed by atoms with E-state index >= 15 is 0 Å². The highest BCUT2D eigenvalue weighted by Gasteiger charge is 2.28. The molecule has 1 atom stereocenters. The van der Waals surface area contributed by atoms with Crippen LogP contribution in [-0.4, -0.2) is 49.4 Å². The molecule has 8 heteroatoms. The van der Waals surface area contributed by atoms with E-state index in [0.29, 0.717) is 13.1 Å². The average molecular weight is 353 g/mol. The Balaban J connectivity index is 1.79. The predicted octanol–water partition coefficient (Wildman–Crippen LogP) is 1.26. The molecule has 0 aliphatic carbocycles. The van der Waals surface area contributed by atoms with Gasteiger partial charge in [0.2, 0.25) is 15.9 Å². The van der Waals surface area contributed by atoms with Gasteiger partial charge in [-0.1, -0.05) is 6.42 Å². The van der Waals surface area contributed by atoms with Crippen LogP contribution in [0.4, 0.5) is 5.69 Å². The number of aromatic hydroxyl groups is 1. The van der Waals surface area contributed by atoms with Gasteiger partial charge in [0.1, 0.15) is 5.75 Å². The number of hydrogen-bond donors (Lipinski definition) is 3. The summed E-state index contributed by atoms with van der Waals surface area (Å²) in [6, 6.07) is 3.71. The smallest absolute Gasteiger partial charge is 0.243 e. The van der Waals surface area contributed by atoms with E-state index in [1.165, 1.54) is 22.5 Å². The van der Waals surface area contributed by atoms with Gasteiger partial charge in [-0.15, -0.1) is 0 Å². The van der Waals surface area contributed by atoms with E-state index in [2.05, 4.69) is 10.6 Å². The van der Waals surface area contributed by atoms with Crippen LogP contribution < -0.4 is 10.6 Å².